The Hall–Kier alpha value is -2.80. The summed E-state index contributed by atoms with van der Waals surface area (Å²) in [6, 6.07) is 9.17. The molecule has 2 amide bonds. The molecule has 0 saturated heterocycles. The average molecular weight is 379 g/mol. The molecule has 0 atom stereocenters. The fourth-order valence-corrected chi connectivity index (χ4v) is 2.60. The van der Waals surface area contributed by atoms with E-state index in [1.807, 2.05) is 0 Å². The molecular formula is C18H16ClFN2O4. The second kappa shape index (κ2) is 8.05. The van der Waals surface area contributed by atoms with E-state index in [0.717, 1.165) is 0 Å². The van der Waals surface area contributed by atoms with Crippen LogP contribution in [0.4, 0.5) is 15.8 Å². The van der Waals surface area contributed by atoms with Crippen molar-refractivity contribution in [3.05, 3.63) is 47.2 Å². The Morgan fingerprint density at radius 3 is 2.96 bits per heavy atom. The molecule has 1 aliphatic rings. The minimum absolute atomic E-state index is 0.0879. The highest BCUT2D eigenvalue weighted by molar-refractivity contribution is 6.34. The molecule has 2 aromatic carbocycles. The summed E-state index contributed by atoms with van der Waals surface area (Å²) >= 11 is 6.12. The van der Waals surface area contributed by atoms with Gasteiger partial charge >= 0.3 is 0 Å². The van der Waals surface area contributed by atoms with Gasteiger partial charge in [-0.2, -0.15) is 0 Å². The summed E-state index contributed by atoms with van der Waals surface area (Å²) in [4.78, 5) is 23.3. The molecule has 8 heteroatoms. The van der Waals surface area contributed by atoms with Gasteiger partial charge in [0.15, 0.2) is 18.2 Å². The van der Waals surface area contributed by atoms with Crippen LogP contribution >= 0.6 is 11.6 Å². The van der Waals surface area contributed by atoms with E-state index in [2.05, 4.69) is 10.6 Å². The van der Waals surface area contributed by atoms with Crippen molar-refractivity contribution in [1.82, 2.24) is 0 Å². The van der Waals surface area contributed by atoms with Gasteiger partial charge in [0, 0.05) is 12.5 Å². The normalized spacial score (nSPS) is 12.6. The zero-order chi connectivity index (χ0) is 18.5. The molecule has 0 spiro atoms. The summed E-state index contributed by atoms with van der Waals surface area (Å²) in [6.45, 7) is 0.122. The third-order valence-electron chi connectivity index (χ3n) is 3.62. The Labute approximate surface area is 154 Å². The number of hydrogen-bond donors (Lipinski definition) is 2. The third kappa shape index (κ3) is 4.43. The van der Waals surface area contributed by atoms with Gasteiger partial charge in [0.05, 0.1) is 23.0 Å². The standard InChI is InChI=1S/C18H16ClFN2O4/c19-11-8-14-16(26-10-18(24)22-14)9-13(11)21-17(23)6-3-7-25-15-5-2-1-4-12(15)20/h1-2,4-5,8-9H,3,6-7,10H2,(H,21,23)(H,22,24). The Morgan fingerprint density at radius 2 is 2.15 bits per heavy atom. The van der Waals surface area contributed by atoms with Crippen LogP contribution in [0.1, 0.15) is 12.8 Å². The minimum Gasteiger partial charge on any atom is -0.491 e. The first-order valence-corrected chi connectivity index (χ1v) is 8.34. The maximum absolute atomic E-state index is 13.4. The number of para-hydroxylation sites is 1. The van der Waals surface area contributed by atoms with Crippen LogP contribution in [0.25, 0.3) is 0 Å². The lowest BCUT2D eigenvalue weighted by molar-refractivity contribution is -0.118. The first-order valence-electron chi connectivity index (χ1n) is 7.96. The lowest BCUT2D eigenvalue weighted by Gasteiger charge is -2.19. The number of benzene rings is 2. The molecule has 0 saturated carbocycles. The van der Waals surface area contributed by atoms with E-state index in [4.69, 9.17) is 21.1 Å². The monoisotopic (exact) mass is 378 g/mol. The number of fused-ring (bicyclic) bond motifs is 1. The zero-order valence-corrected chi connectivity index (χ0v) is 14.4. The van der Waals surface area contributed by atoms with Crippen LogP contribution in [-0.2, 0) is 9.59 Å². The van der Waals surface area contributed by atoms with E-state index in [1.54, 1.807) is 18.2 Å². The molecule has 0 aliphatic carbocycles. The highest BCUT2D eigenvalue weighted by Gasteiger charge is 2.19. The van der Waals surface area contributed by atoms with Crippen LogP contribution < -0.4 is 20.1 Å². The van der Waals surface area contributed by atoms with Crippen molar-refractivity contribution in [1.29, 1.82) is 0 Å². The molecule has 0 aromatic heterocycles. The fraction of sp³-hybridized carbons (Fsp3) is 0.222. The molecule has 0 fully saturated rings. The lowest BCUT2D eigenvalue weighted by atomic mass is 10.2. The molecule has 6 nitrogen and oxygen atoms in total. The summed E-state index contributed by atoms with van der Waals surface area (Å²) in [7, 11) is 0. The van der Waals surface area contributed by atoms with E-state index in [9.17, 15) is 14.0 Å². The molecule has 1 aliphatic heterocycles. The van der Waals surface area contributed by atoms with E-state index < -0.39 is 5.82 Å². The number of amides is 2. The molecule has 26 heavy (non-hydrogen) atoms. The van der Waals surface area contributed by atoms with E-state index in [0.29, 0.717) is 23.5 Å². The molecular weight excluding hydrogens is 363 g/mol. The van der Waals surface area contributed by atoms with Gasteiger partial charge in [-0.1, -0.05) is 23.7 Å². The van der Waals surface area contributed by atoms with Gasteiger partial charge in [-0.25, -0.2) is 4.39 Å². The lowest BCUT2D eigenvalue weighted by Crippen LogP contribution is -2.25. The second-order valence-electron chi connectivity index (χ2n) is 5.60. The van der Waals surface area contributed by atoms with Crippen LogP contribution in [0.2, 0.25) is 5.02 Å². The number of rotatable bonds is 6. The van der Waals surface area contributed by atoms with Gasteiger partial charge in [-0.15, -0.1) is 0 Å². The van der Waals surface area contributed by atoms with Crippen molar-refractivity contribution < 1.29 is 23.5 Å². The quantitative estimate of drug-likeness (QED) is 0.753. The maximum atomic E-state index is 13.4. The number of carbonyl (C=O) groups is 2. The molecule has 0 bridgehead atoms. The fourth-order valence-electron chi connectivity index (χ4n) is 2.39. The van der Waals surface area contributed by atoms with Crippen LogP contribution in [0.3, 0.4) is 0 Å². The summed E-state index contributed by atoms with van der Waals surface area (Å²) in [6.07, 6.45) is 0.592. The van der Waals surface area contributed by atoms with Crippen molar-refractivity contribution in [2.75, 3.05) is 23.8 Å². The highest BCUT2D eigenvalue weighted by atomic mass is 35.5. The van der Waals surface area contributed by atoms with Crippen LogP contribution in [0, 0.1) is 5.82 Å². The summed E-state index contributed by atoms with van der Waals surface area (Å²) in [5.41, 5.74) is 0.851. The number of anilines is 2. The number of hydrogen-bond acceptors (Lipinski definition) is 4. The topological polar surface area (TPSA) is 76.7 Å². The van der Waals surface area contributed by atoms with Gasteiger partial charge in [0.1, 0.15) is 5.75 Å². The maximum Gasteiger partial charge on any atom is 0.262 e. The Morgan fingerprint density at radius 1 is 1.35 bits per heavy atom. The van der Waals surface area contributed by atoms with Crippen LogP contribution in [-0.4, -0.2) is 25.0 Å². The van der Waals surface area contributed by atoms with Crippen molar-refractivity contribution in [2.24, 2.45) is 0 Å². The third-order valence-corrected chi connectivity index (χ3v) is 3.93. The van der Waals surface area contributed by atoms with Crippen molar-refractivity contribution in [2.45, 2.75) is 12.8 Å². The first kappa shape index (κ1) is 18.0. The number of carbonyl (C=O) groups excluding carboxylic acids is 2. The smallest absolute Gasteiger partial charge is 0.262 e. The van der Waals surface area contributed by atoms with Gasteiger partial charge in [0.25, 0.3) is 5.91 Å². The van der Waals surface area contributed by atoms with Gasteiger partial charge in [-0.05, 0) is 24.6 Å². The minimum atomic E-state index is -0.440. The molecule has 1 heterocycles. The number of nitrogens with one attached hydrogen (secondary N) is 2. The largest absolute Gasteiger partial charge is 0.491 e. The van der Waals surface area contributed by atoms with Crippen molar-refractivity contribution in [3.63, 3.8) is 0 Å². The number of ether oxygens (including phenoxy) is 2. The molecule has 0 unspecified atom stereocenters. The van der Waals surface area contributed by atoms with Gasteiger partial charge in [-0.3, -0.25) is 9.59 Å². The Kier molecular flexibility index (Phi) is 5.58. The zero-order valence-electron chi connectivity index (χ0n) is 13.7. The van der Waals surface area contributed by atoms with Crippen LogP contribution in [0.5, 0.6) is 11.5 Å². The second-order valence-corrected chi connectivity index (χ2v) is 6.00. The molecule has 136 valence electrons. The van der Waals surface area contributed by atoms with Crippen molar-refractivity contribution >= 4 is 34.8 Å². The van der Waals surface area contributed by atoms with Gasteiger partial charge in [0.2, 0.25) is 5.91 Å². The Bertz CT molecular complexity index is 844. The summed E-state index contributed by atoms with van der Waals surface area (Å²) in [5.74, 6) is -0.370. The first-order chi connectivity index (χ1) is 12.5. The number of halogens is 2. The molecule has 3 rings (SSSR count). The van der Waals surface area contributed by atoms with E-state index >= 15 is 0 Å². The van der Waals surface area contributed by atoms with Crippen molar-refractivity contribution in [3.8, 4) is 11.5 Å². The molecule has 2 aromatic rings. The Balaban J connectivity index is 1.50. The predicted molar refractivity (Wildman–Crippen MR) is 95.3 cm³/mol. The predicted octanol–water partition coefficient (Wildman–Crippen LogP) is 3.61. The SMILES string of the molecule is O=C(CCCOc1ccccc1F)Nc1cc2c(cc1Cl)NC(=O)CO2. The van der Waals surface area contributed by atoms with Crippen LogP contribution in [0.15, 0.2) is 36.4 Å². The summed E-state index contributed by atoms with van der Waals surface area (Å²) < 4.78 is 24.0. The van der Waals surface area contributed by atoms with E-state index in [1.165, 1.54) is 18.2 Å². The van der Waals surface area contributed by atoms with Gasteiger partial charge < -0.3 is 20.1 Å². The average Bonchev–Trinajstić information content (AvgIpc) is 2.61. The molecule has 2 N–H and O–H groups in total. The van der Waals surface area contributed by atoms with E-state index in [-0.39, 0.29) is 42.2 Å². The highest BCUT2D eigenvalue weighted by Crippen LogP contribution is 2.36. The molecule has 0 radical (unpaired) electrons. The summed E-state index contributed by atoms with van der Waals surface area (Å²) in [5, 5.41) is 5.61.